The van der Waals surface area contributed by atoms with Crippen molar-refractivity contribution in [3.05, 3.63) is 12.2 Å². The molecule has 0 aromatic carbocycles. The Balaban J connectivity index is 2.14. The first-order valence-corrected chi connectivity index (χ1v) is 5.65. The summed E-state index contributed by atoms with van der Waals surface area (Å²) in [4.78, 5) is 0. The van der Waals surface area contributed by atoms with Gasteiger partial charge in [0, 0.05) is 19.0 Å². The van der Waals surface area contributed by atoms with E-state index in [1.807, 2.05) is 6.33 Å². The minimum Gasteiger partial charge on any atom is -0.315 e. The van der Waals surface area contributed by atoms with Crippen LogP contribution in [0.2, 0.25) is 0 Å². The first kappa shape index (κ1) is 10.6. The quantitative estimate of drug-likeness (QED) is 0.799. The second-order valence-corrected chi connectivity index (χ2v) is 5.54. The summed E-state index contributed by atoms with van der Waals surface area (Å²) in [7, 11) is 0. The summed E-state index contributed by atoms with van der Waals surface area (Å²) in [6, 6.07) is 0.553. The van der Waals surface area contributed by atoms with Gasteiger partial charge in [0.1, 0.15) is 12.2 Å². The second-order valence-electron chi connectivity index (χ2n) is 5.54. The molecular formula is C11H20N4. The van der Waals surface area contributed by atoms with E-state index in [0.717, 1.165) is 25.3 Å². The second kappa shape index (κ2) is 3.93. The molecule has 1 fully saturated rings. The van der Waals surface area contributed by atoms with Crippen LogP contribution in [-0.4, -0.2) is 27.9 Å². The zero-order chi connectivity index (χ0) is 10.9. The first-order valence-electron chi connectivity index (χ1n) is 5.65. The molecule has 0 aliphatic carbocycles. The summed E-state index contributed by atoms with van der Waals surface area (Å²) >= 11 is 0. The van der Waals surface area contributed by atoms with Gasteiger partial charge in [0.2, 0.25) is 0 Å². The molecule has 4 nitrogen and oxygen atoms in total. The van der Waals surface area contributed by atoms with Gasteiger partial charge in [-0.15, -0.1) is 10.2 Å². The van der Waals surface area contributed by atoms with Crippen molar-refractivity contribution in [2.24, 2.45) is 5.41 Å². The third kappa shape index (κ3) is 2.56. The first-order chi connectivity index (χ1) is 7.06. The Kier molecular flexibility index (Phi) is 2.78. The van der Waals surface area contributed by atoms with E-state index in [4.69, 9.17) is 0 Å². The smallest absolute Gasteiger partial charge is 0.133 e. The lowest BCUT2D eigenvalue weighted by Crippen LogP contribution is -2.19. The number of hydrogen-bond donors (Lipinski definition) is 1. The van der Waals surface area contributed by atoms with Crippen LogP contribution >= 0.6 is 0 Å². The lowest BCUT2D eigenvalue weighted by atomic mass is 9.92. The highest BCUT2D eigenvalue weighted by Crippen LogP contribution is 2.22. The van der Waals surface area contributed by atoms with Crippen molar-refractivity contribution in [1.82, 2.24) is 20.1 Å². The fourth-order valence-corrected chi connectivity index (χ4v) is 2.05. The third-order valence-corrected chi connectivity index (χ3v) is 2.76. The number of nitrogens with one attached hydrogen (secondary N) is 1. The average Bonchev–Trinajstić information content (AvgIpc) is 2.68. The molecule has 0 bridgehead atoms. The fourth-order valence-electron chi connectivity index (χ4n) is 2.05. The van der Waals surface area contributed by atoms with Gasteiger partial charge in [0.05, 0.1) is 0 Å². The molecule has 0 spiro atoms. The van der Waals surface area contributed by atoms with E-state index in [9.17, 15) is 0 Å². The van der Waals surface area contributed by atoms with E-state index in [1.165, 1.54) is 6.42 Å². The number of rotatable bonds is 2. The molecule has 2 rings (SSSR count). The van der Waals surface area contributed by atoms with Gasteiger partial charge in [-0.3, -0.25) is 0 Å². The van der Waals surface area contributed by atoms with E-state index in [-0.39, 0.29) is 5.41 Å². The van der Waals surface area contributed by atoms with Crippen LogP contribution in [0.3, 0.4) is 0 Å². The Labute approximate surface area is 91.1 Å². The molecule has 0 radical (unpaired) electrons. The molecule has 0 saturated carbocycles. The lowest BCUT2D eigenvalue weighted by Gasteiger charge is -2.20. The summed E-state index contributed by atoms with van der Waals surface area (Å²) in [5, 5.41) is 11.6. The number of nitrogens with zero attached hydrogens (tertiary/aromatic N) is 3. The SMILES string of the molecule is CC(C)(C)Cc1nncn1C1CCNC1. The molecule has 1 unspecified atom stereocenters. The van der Waals surface area contributed by atoms with Gasteiger partial charge in [0.25, 0.3) is 0 Å². The molecule has 1 saturated heterocycles. The van der Waals surface area contributed by atoms with Crippen molar-refractivity contribution in [3.63, 3.8) is 0 Å². The molecule has 1 aromatic rings. The van der Waals surface area contributed by atoms with E-state index >= 15 is 0 Å². The lowest BCUT2D eigenvalue weighted by molar-refractivity contribution is 0.382. The zero-order valence-corrected chi connectivity index (χ0v) is 9.82. The summed E-state index contributed by atoms with van der Waals surface area (Å²) in [5.74, 6) is 1.12. The minimum absolute atomic E-state index is 0.275. The molecule has 1 atom stereocenters. The largest absolute Gasteiger partial charge is 0.315 e. The highest BCUT2D eigenvalue weighted by atomic mass is 15.3. The maximum atomic E-state index is 4.23. The maximum Gasteiger partial charge on any atom is 0.133 e. The van der Waals surface area contributed by atoms with Gasteiger partial charge in [-0.05, 0) is 18.4 Å². The van der Waals surface area contributed by atoms with Crippen molar-refractivity contribution < 1.29 is 0 Å². The van der Waals surface area contributed by atoms with Crippen LogP contribution < -0.4 is 5.32 Å². The highest BCUT2D eigenvalue weighted by molar-refractivity contribution is 4.95. The predicted molar refractivity (Wildman–Crippen MR) is 59.7 cm³/mol. The Morgan fingerprint density at radius 2 is 2.33 bits per heavy atom. The zero-order valence-electron chi connectivity index (χ0n) is 9.82. The Bertz CT molecular complexity index is 318. The predicted octanol–water partition coefficient (Wildman–Crippen LogP) is 1.40. The Hall–Kier alpha value is -0.900. The number of hydrogen-bond acceptors (Lipinski definition) is 3. The number of aromatic nitrogens is 3. The highest BCUT2D eigenvalue weighted by Gasteiger charge is 2.22. The van der Waals surface area contributed by atoms with Gasteiger partial charge < -0.3 is 9.88 Å². The molecule has 2 heterocycles. The molecular weight excluding hydrogens is 188 g/mol. The Morgan fingerprint density at radius 3 is 2.93 bits per heavy atom. The van der Waals surface area contributed by atoms with E-state index < -0.39 is 0 Å². The average molecular weight is 208 g/mol. The minimum atomic E-state index is 0.275. The Morgan fingerprint density at radius 1 is 1.53 bits per heavy atom. The van der Waals surface area contributed by atoms with Gasteiger partial charge in [-0.25, -0.2) is 0 Å². The summed E-state index contributed by atoms with van der Waals surface area (Å²) in [6.45, 7) is 8.86. The van der Waals surface area contributed by atoms with Crippen molar-refractivity contribution >= 4 is 0 Å². The van der Waals surface area contributed by atoms with Crippen LogP contribution in [0.15, 0.2) is 6.33 Å². The van der Waals surface area contributed by atoms with E-state index in [1.54, 1.807) is 0 Å². The van der Waals surface area contributed by atoms with Gasteiger partial charge in [-0.1, -0.05) is 20.8 Å². The van der Waals surface area contributed by atoms with Crippen molar-refractivity contribution in [1.29, 1.82) is 0 Å². The molecule has 1 aliphatic heterocycles. The van der Waals surface area contributed by atoms with Crippen LogP contribution in [0, 0.1) is 5.41 Å². The molecule has 1 N–H and O–H groups in total. The standard InChI is InChI=1S/C11H20N4/c1-11(2,3)6-10-14-13-8-15(10)9-4-5-12-7-9/h8-9,12H,4-7H2,1-3H3. The van der Waals surface area contributed by atoms with Crippen LogP contribution in [0.4, 0.5) is 0 Å². The molecule has 1 aromatic heterocycles. The molecule has 15 heavy (non-hydrogen) atoms. The molecule has 1 aliphatic rings. The normalized spacial score (nSPS) is 22.2. The van der Waals surface area contributed by atoms with Crippen LogP contribution in [0.1, 0.15) is 39.1 Å². The maximum absolute atomic E-state index is 4.23. The van der Waals surface area contributed by atoms with Crippen LogP contribution in [-0.2, 0) is 6.42 Å². The van der Waals surface area contributed by atoms with Gasteiger partial charge >= 0.3 is 0 Å². The molecule has 84 valence electrons. The van der Waals surface area contributed by atoms with Gasteiger partial charge in [0.15, 0.2) is 0 Å². The summed E-state index contributed by atoms with van der Waals surface area (Å²) < 4.78 is 2.24. The van der Waals surface area contributed by atoms with E-state index in [2.05, 4.69) is 40.9 Å². The molecule has 0 amide bonds. The topological polar surface area (TPSA) is 42.7 Å². The fraction of sp³-hybridized carbons (Fsp3) is 0.818. The van der Waals surface area contributed by atoms with Crippen molar-refractivity contribution in [2.45, 2.75) is 39.7 Å². The third-order valence-electron chi connectivity index (χ3n) is 2.76. The van der Waals surface area contributed by atoms with E-state index in [0.29, 0.717) is 6.04 Å². The monoisotopic (exact) mass is 208 g/mol. The summed E-state index contributed by atoms with van der Waals surface area (Å²) in [5.41, 5.74) is 0.275. The van der Waals surface area contributed by atoms with Crippen LogP contribution in [0.25, 0.3) is 0 Å². The molecule has 4 heteroatoms. The van der Waals surface area contributed by atoms with Crippen molar-refractivity contribution in [2.75, 3.05) is 13.1 Å². The summed E-state index contributed by atoms with van der Waals surface area (Å²) in [6.07, 6.45) is 4.05. The van der Waals surface area contributed by atoms with Crippen molar-refractivity contribution in [3.8, 4) is 0 Å². The van der Waals surface area contributed by atoms with Gasteiger partial charge in [-0.2, -0.15) is 0 Å². The van der Waals surface area contributed by atoms with Crippen LogP contribution in [0.5, 0.6) is 0 Å².